The van der Waals surface area contributed by atoms with Gasteiger partial charge in [-0.05, 0) is 31.9 Å². The number of nitrogens with zero attached hydrogens (tertiary/aromatic N) is 2. The highest BCUT2D eigenvalue weighted by molar-refractivity contribution is 8.02. The van der Waals surface area contributed by atoms with E-state index >= 15 is 0 Å². The minimum Gasteiger partial charge on any atom is -0.353 e. The number of rotatable bonds is 7. The standard InChI is InChI=1S/C17H21N3OS2/c1-4-13(3)20-15(21)11-22-16-17(19-10-9-18-16)23-14-8-6-5-7-12(14)2/h5-10,13H,4,11H2,1-3H3,(H,20,21). The average Bonchev–Trinajstić information content (AvgIpc) is 2.56. The number of thioether (sulfide) groups is 1. The molecule has 0 aliphatic heterocycles. The predicted octanol–water partition coefficient (Wildman–Crippen LogP) is 3.94. The van der Waals surface area contributed by atoms with Crippen molar-refractivity contribution in [3.63, 3.8) is 0 Å². The maximum absolute atomic E-state index is 11.9. The third-order valence-corrected chi connectivity index (χ3v) is 5.57. The minimum atomic E-state index is 0.0295. The number of hydrogen-bond acceptors (Lipinski definition) is 5. The molecule has 23 heavy (non-hydrogen) atoms. The first kappa shape index (κ1) is 17.8. The number of benzene rings is 1. The second-order valence-electron chi connectivity index (χ2n) is 5.20. The molecule has 1 heterocycles. The summed E-state index contributed by atoms with van der Waals surface area (Å²) in [5.41, 5.74) is 1.20. The van der Waals surface area contributed by atoms with E-state index in [1.807, 2.05) is 19.1 Å². The van der Waals surface area contributed by atoms with Gasteiger partial charge in [-0.1, -0.05) is 48.6 Å². The van der Waals surface area contributed by atoms with Crippen molar-refractivity contribution in [1.82, 2.24) is 15.3 Å². The molecular formula is C17H21N3OS2. The highest BCUT2D eigenvalue weighted by Gasteiger charge is 2.12. The molecule has 6 heteroatoms. The Morgan fingerprint density at radius 3 is 2.61 bits per heavy atom. The zero-order chi connectivity index (χ0) is 16.7. The highest BCUT2D eigenvalue weighted by atomic mass is 32.2. The van der Waals surface area contributed by atoms with Gasteiger partial charge in [-0.15, -0.1) is 0 Å². The molecule has 1 aromatic carbocycles. The van der Waals surface area contributed by atoms with Crippen LogP contribution in [0.3, 0.4) is 0 Å². The van der Waals surface area contributed by atoms with Crippen LogP contribution in [0.5, 0.6) is 0 Å². The highest BCUT2D eigenvalue weighted by Crippen LogP contribution is 2.33. The quantitative estimate of drug-likeness (QED) is 0.769. The van der Waals surface area contributed by atoms with Crippen LogP contribution in [-0.4, -0.2) is 27.7 Å². The first-order chi connectivity index (χ1) is 11.1. The second kappa shape index (κ2) is 8.93. The van der Waals surface area contributed by atoms with Crippen LogP contribution < -0.4 is 5.32 Å². The molecule has 1 atom stereocenters. The van der Waals surface area contributed by atoms with Gasteiger partial charge < -0.3 is 5.32 Å². The Balaban J connectivity index is 2.03. The molecule has 1 N–H and O–H groups in total. The van der Waals surface area contributed by atoms with Crippen LogP contribution in [0, 0.1) is 6.92 Å². The minimum absolute atomic E-state index is 0.0295. The summed E-state index contributed by atoms with van der Waals surface area (Å²) in [5.74, 6) is 0.381. The summed E-state index contributed by atoms with van der Waals surface area (Å²) >= 11 is 3.01. The smallest absolute Gasteiger partial charge is 0.230 e. The van der Waals surface area contributed by atoms with Gasteiger partial charge in [0.2, 0.25) is 5.91 Å². The van der Waals surface area contributed by atoms with Crippen molar-refractivity contribution in [2.45, 2.75) is 48.2 Å². The monoisotopic (exact) mass is 347 g/mol. The maximum Gasteiger partial charge on any atom is 0.230 e. The molecule has 1 aromatic heterocycles. The van der Waals surface area contributed by atoms with E-state index in [1.165, 1.54) is 17.3 Å². The molecule has 4 nitrogen and oxygen atoms in total. The number of hydrogen-bond donors (Lipinski definition) is 1. The van der Waals surface area contributed by atoms with Gasteiger partial charge in [0.1, 0.15) is 10.1 Å². The molecule has 1 unspecified atom stereocenters. The molecule has 0 aliphatic carbocycles. The molecule has 0 fully saturated rings. The largest absolute Gasteiger partial charge is 0.353 e. The molecule has 122 valence electrons. The zero-order valence-corrected chi connectivity index (χ0v) is 15.2. The topological polar surface area (TPSA) is 54.9 Å². The van der Waals surface area contributed by atoms with E-state index < -0.39 is 0 Å². The van der Waals surface area contributed by atoms with Gasteiger partial charge in [-0.3, -0.25) is 4.79 Å². The fourth-order valence-electron chi connectivity index (χ4n) is 1.81. The number of aromatic nitrogens is 2. The SMILES string of the molecule is CCC(C)NC(=O)CSc1nccnc1Sc1ccccc1C. The summed E-state index contributed by atoms with van der Waals surface area (Å²) in [6.07, 6.45) is 4.27. The number of aryl methyl sites for hydroxylation is 1. The molecule has 0 aliphatic rings. The number of carbonyl (C=O) groups is 1. The van der Waals surface area contributed by atoms with Crippen LogP contribution in [0.4, 0.5) is 0 Å². The molecule has 2 rings (SSSR count). The van der Waals surface area contributed by atoms with Gasteiger partial charge >= 0.3 is 0 Å². The van der Waals surface area contributed by atoms with Gasteiger partial charge in [-0.2, -0.15) is 0 Å². The summed E-state index contributed by atoms with van der Waals surface area (Å²) in [6, 6.07) is 8.37. The van der Waals surface area contributed by atoms with Crippen LogP contribution >= 0.6 is 23.5 Å². The van der Waals surface area contributed by atoms with E-state index in [1.54, 1.807) is 24.2 Å². The summed E-state index contributed by atoms with van der Waals surface area (Å²) < 4.78 is 0. The number of amides is 1. The Morgan fingerprint density at radius 2 is 1.91 bits per heavy atom. The van der Waals surface area contributed by atoms with Crippen molar-refractivity contribution >= 4 is 29.4 Å². The first-order valence-corrected chi connectivity index (χ1v) is 9.37. The molecule has 1 amide bonds. The third-order valence-electron chi connectivity index (χ3n) is 3.29. The molecular weight excluding hydrogens is 326 g/mol. The lowest BCUT2D eigenvalue weighted by Crippen LogP contribution is -2.33. The van der Waals surface area contributed by atoms with Gasteiger partial charge in [0.05, 0.1) is 5.75 Å². The van der Waals surface area contributed by atoms with E-state index in [0.29, 0.717) is 5.75 Å². The summed E-state index contributed by atoms with van der Waals surface area (Å²) in [6.45, 7) is 6.13. The van der Waals surface area contributed by atoms with Crippen molar-refractivity contribution in [2.75, 3.05) is 5.75 Å². The van der Waals surface area contributed by atoms with Crippen LogP contribution in [0.1, 0.15) is 25.8 Å². The number of carbonyl (C=O) groups excluding carboxylic acids is 1. The maximum atomic E-state index is 11.9. The van der Waals surface area contributed by atoms with E-state index in [9.17, 15) is 4.79 Å². The summed E-state index contributed by atoms with van der Waals surface area (Å²) in [4.78, 5) is 21.9. The van der Waals surface area contributed by atoms with Gasteiger partial charge in [0.15, 0.2) is 0 Å². The Labute approximate surface area is 145 Å². The molecule has 0 spiro atoms. The van der Waals surface area contributed by atoms with Crippen molar-refractivity contribution in [3.05, 3.63) is 42.2 Å². The van der Waals surface area contributed by atoms with Gasteiger partial charge in [0, 0.05) is 23.3 Å². The predicted molar refractivity (Wildman–Crippen MR) is 96.0 cm³/mol. The Morgan fingerprint density at radius 1 is 1.22 bits per heavy atom. The van der Waals surface area contributed by atoms with Crippen molar-refractivity contribution in [1.29, 1.82) is 0 Å². The van der Waals surface area contributed by atoms with Crippen molar-refractivity contribution in [2.24, 2.45) is 0 Å². The van der Waals surface area contributed by atoms with E-state index in [2.05, 4.69) is 41.3 Å². The molecule has 2 aromatic rings. The lowest BCUT2D eigenvalue weighted by atomic mass is 10.2. The zero-order valence-electron chi connectivity index (χ0n) is 13.6. The average molecular weight is 348 g/mol. The first-order valence-electron chi connectivity index (χ1n) is 7.56. The Bertz CT molecular complexity index is 664. The van der Waals surface area contributed by atoms with Gasteiger partial charge in [-0.25, -0.2) is 9.97 Å². The van der Waals surface area contributed by atoms with Crippen LogP contribution in [0.25, 0.3) is 0 Å². The fraction of sp³-hybridized carbons (Fsp3) is 0.353. The molecule has 0 saturated carbocycles. The number of nitrogens with one attached hydrogen (secondary N) is 1. The van der Waals surface area contributed by atoms with Gasteiger partial charge in [0.25, 0.3) is 0 Å². The van der Waals surface area contributed by atoms with Crippen LogP contribution in [0.2, 0.25) is 0 Å². The second-order valence-corrected chi connectivity index (χ2v) is 7.19. The summed E-state index contributed by atoms with van der Waals surface area (Å²) in [5, 5.41) is 4.59. The Hall–Kier alpha value is -1.53. The van der Waals surface area contributed by atoms with E-state index in [0.717, 1.165) is 21.4 Å². The van der Waals surface area contributed by atoms with Crippen molar-refractivity contribution in [3.8, 4) is 0 Å². The molecule has 0 saturated heterocycles. The van der Waals surface area contributed by atoms with E-state index in [4.69, 9.17) is 0 Å². The van der Waals surface area contributed by atoms with Crippen molar-refractivity contribution < 1.29 is 4.79 Å². The summed E-state index contributed by atoms with van der Waals surface area (Å²) in [7, 11) is 0. The van der Waals surface area contributed by atoms with E-state index in [-0.39, 0.29) is 11.9 Å². The van der Waals surface area contributed by atoms with Crippen LogP contribution in [-0.2, 0) is 4.79 Å². The normalized spacial score (nSPS) is 12.0. The lowest BCUT2D eigenvalue weighted by Gasteiger charge is -2.11. The molecule has 0 radical (unpaired) electrons. The Kier molecular flexibility index (Phi) is 6.92. The lowest BCUT2D eigenvalue weighted by molar-refractivity contribution is -0.119. The fourth-order valence-corrected chi connectivity index (χ4v) is 3.61. The van der Waals surface area contributed by atoms with Crippen LogP contribution in [0.15, 0.2) is 51.6 Å². The third kappa shape index (κ3) is 5.55. The molecule has 0 bridgehead atoms.